The lowest BCUT2D eigenvalue weighted by Gasteiger charge is -2.29. The Kier molecular flexibility index (Phi) is 9.48. The van der Waals surface area contributed by atoms with Crippen LogP contribution in [-0.2, 0) is 42.1 Å². The Balaban J connectivity index is 0.00000306. The number of hydrogen-bond donors (Lipinski definition) is 2. The summed E-state index contributed by atoms with van der Waals surface area (Å²) < 4.78 is 7.09. The Morgan fingerprint density at radius 2 is 2.09 bits per heavy atom. The lowest BCUT2D eigenvalue weighted by Crippen LogP contribution is -2.47. The fourth-order valence-electron chi connectivity index (χ4n) is 4.37. The number of benzene rings is 1. The van der Waals surface area contributed by atoms with Gasteiger partial charge in [-0.1, -0.05) is 24.3 Å². The number of fused-ring (bicyclic) bond motifs is 2. The van der Waals surface area contributed by atoms with Crippen molar-refractivity contribution in [3.63, 3.8) is 0 Å². The molecule has 4 rings (SSSR count). The molecule has 0 saturated heterocycles. The first-order valence-corrected chi connectivity index (χ1v) is 11.4. The number of halogens is 1. The molecule has 0 aliphatic carbocycles. The molecule has 0 fully saturated rings. The first-order valence-electron chi connectivity index (χ1n) is 11.4. The molecule has 0 spiro atoms. The number of aryl methyl sites for hydroxylation is 1. The largest absolute Gasteiger partial charge is 0.377 e. The van der Waals surface area contributed by atoms with Crippen LogP contribution in [0.5, 0.6) is 0 Å². The average molecular weight is 567 g/mol. The number of nitrogens with one attached hydrogen (secondary N) is 2. The zero-order valence-electron chi connectivity index (χ0n) is 19.4. The monoisotopic (exact) mass is 567 g/mol. The molecule has 2 aliphatic heterocycles. The average Bonchev–Trinajstić information content (AvgIpc) is 3.22. The van der Waals surface area contributed by atoms with Crippen LogP contribution >= 0.6 is 24.0 Å². The van der Waals surface area contributed by atoms with E-state index >= 15 is 0 Å². The third-order valence-electron chi connectivity index (χ3n) is 6.08. The van der Waals surface area contributed by atoms with Crippen LogP contribution in [0.15, 0.2) is 29.3 Å². The van der Waals surface area contributed by atoms with Gasteiger partial charge in [-0.25, -0.2) is 9.67 Å². The van der Waals surface area contributed by atoms with E-state index in [0.29, 0.717) is 19.6 Å². The van der Waals surface area contributed by atoms with Crippen LogP contribution in [0.2, 0.25) is 0 Å². The van der Waals surface area contributed by atoms with E-state index in [1.54, 1.807) is 14.2 Å². The lowest BCUT2D eigenvalue weighted by molar-refractivity contribution is -0.132. The summed E-state index contributed by atoms with van der Waals surface area (Å²) >= 11 is 0. The summed E-state index contributed by atoms with van der Waals surface area (Å²) in [5.74, 6) is 2.72. The molecule has 2 N–H and O–H groups in total. The highest BCUT2D eigenvalue weighted by atomic mass is 127. The minimum Gasteiger partial charge on any atom is -0.377 e. The zero-order valence-corrected chi connectivity index (χ0v) is 21.7. The maximum atomic E-state index is 12.6. The number of aliphatic imine (C=N–C) groups is 1. The minimum atomic E-state index is 0. The normalized spacial score (nSPS) is 17.6. The Bertz CT molecular complexity index is 962. The summed E-state index contributed by atoms with van der Waals surface area (Å²) in [4.78, 5) is 23.5. The number of nitrogens with zero attached hydrogens (tertiary/aromatic N) is 5. The molecule has 2 aromatic rings. The van der Waals surface area contributed by atoms with Gasteiger partial charge in [-0.2, -0.15) is 5.10 Å². The topological polar surface area (TPSA) is 96.7 Å². The first-order chi connectivity index (χ1) is 15.7. The van der Waals surface area contributed by atoms with Crippen LogP contribution in [0.25, 0.3) is 0 Å². The number of aromatic nitrogens is 3. The third kappa shape index (κ3) is 6.66. The maximum absolute atomic E-state index is 12.6. The van der Waals surface area contributed by atoms with Crippen molar-refractivity contribution in [2.75, 3.05) is 27.2 Å². The summed E-state index contributed by atoms with van der Waals surface area (Å²) in [5, 5.41) is 11.3. The number of guanidine groups is 1. The quantitative estimate of drug-likeness (QED) is 0.230. The summed E-state index contributed by atoms with van der Waals surface area (Å²) in [6.07, 6.45) is 4.11. The van der Waals surface area contributed by atoms with Gasteiger partial charge in [-0.05, 0) is 30.4 Å². The molecule has 1 unspecified atom stereocenters. The molecule has 3 heterocycles. The van der Waals surface area contributed by atoms with E-state index in [1.807, 2.05) is 15.6 Å². The van der Waals surface area contributed by atoms with Gasteiger partial charge < -0.3 is 20.3 Å². The highest BCUT2D eigenvalue weighted by Crippen LogP contribution is 2.19. The molecule has 9 nitrogen and oxygen atoms in total. The number of hydrogen-bond acceptors (Lipinski definition) is 5. The van der Waals surface area contributed by atoms with Crippen LogP contribution < -0.4 is 10.6 Å². The van der Waals surface area contributed by atoms with Gasteiger partial charge in [0.1, 0.15) is 12.4 Å². The highest BCUT2D eigenvalue weighted by molar-refractivity contribution is 14.0. The molecule has 0 bridgehead atoms. The molecule has 180 valence electrons. The Morgan fingerprint density at radius 1 is 1.27 bits per heavy atom. The van der Waals surface area contributed by atoms with Gasteiger partial charge in [-0.3, -0.25) is 9.79 Å². The van der Waals surface area contributed by atoms with Crippen LogP contribution in [0, 0.1) is 0 Å². The Labute approximate surface area is 212 Å². The molecule has 1 atom stereocenters. The Morgan fingerprint density at radius 3 is 2.88 bits per heavy atom. The second-order valence-corrected chi connectivity index (χ2v) is 8.38. The van der Waals surface area contributed by atoms with E-state index in [0.717, 1.165) is 62.9 Å². The van der Waals surface area contributed by atoms with Gasteiger partial charge in [0.2, 0.25) is 5.91 Å². The van der Waals surface area contributed by atoms with Crippen LogP contribution in [0.3, 0.4) is 0 Å². The summed E-state index contributed by atoms with van der Waals surface area (Å²) in [5.41, 5.74) is 2.64. The van der Waals surface area contributed by atoms with Gasteiger partial charge in [0, 0.05) is 52.7 Å². The number of ether oxygens (including phenoxy) is 1. The van der Waals surface area contributed by atoms with Gasteiger partial charge in [-0.15, -0.1) is 24.0 Å². The Hall–Kier alpha value is -2.21. The number of rotatable bonds is 7. The van der Waals surface area contributed by atoms with Crippen molar-refractivity contribution in [1.29, 1.82) is 0 Å². The zero-order chi connectivity index (χ0) is 22.3. The second kappa shape index (κ2) is 12.3. The van der Waals surface area contributed by atoms with E-state index in [9.17, 15) is 4.79 Å². The molecule has 0 radical (unpaired) electrons. The fraction of sp³-hybridized carbons (Fsp3) is 0.565. The van der Waals surface area contributed by atoms with Crippen LogP contribution in [-0.4, -0.2) is 64.8 Å². The predicted molar refractivity (Wildman–Crippen MR) is 138 cm³/mol. The van der Waals surface area contributed by atoms with Crippen molar-refractivity contribution in [2.45, 2.75) is 57.8 Å². The summed E-state index contributed by atoms with van der Waals surface area (Å²) in [7, 11) is 3.42. The van der Waals surface area contributed by atoms with Crippen molar-refractivity contribution < 1.29 is 9.53 Å². The molecular weight excluding hydrogens is 533 g/mol. The molecule has 33 heavy (non-hydrogen) atoms. The van der Waals surface area contributed by atoms with Crippen molar-refractivity contribution in [3.05, 3.63) is 47.0 Å². The van der Waals surface area contributed by atoms with Gasteiger partial charge in [0.15, 0.2) is 11.8 Å². The van der Waals surface area contributed by atoms with Crippen LogP contribution in [0.4, 0.5) is 0 Å². The smallest absolute Gasteiger partial charge is 0.222 e. The highest BCUT2D eigenvalue weighted by Gasteiger charge is 2.23. The van der Waals surface area contributed by atoms with Crippen molar-refractivity contribution in [2.24, 2.45) is 4.99 Å². The predicted octanol–water partition coefficient (Wildman–Crippen LogP) is 1.89. The summed E-state index contributed by atoms with van der Waals surface area (Å²) in [6.45, 7) is 3.43. The molecule has 0 saturated carbocycles. The molecule has 1 aromatic carbocycles. The fourth-order valence-corrected chi connectivity index (χ4v) is 4.37. The second-order valence-electron chi connectivity index (χ2n) is 8.38. The van der Waals surface area contributed by atoms with Crippen molar-refractivity contribution in [3.8, 4) is 0 Å². The number of amides is 1. The number of carbonyl (C=O) groups excluding carboxylic acids is 1. The van der Waals surface area contributed by atoms with Crippen LogP contribution in [0.1, 0.15) is 42.0 Å². The van der Waals surface area contributed by atoms with E-state index in [-0.39, 0.29) is 35.9 Å². The molecule has 1 amide bonds. The van der Waals surface area contributed by atoms with E-state index in [4.69, 9.17) is 4.74 Å². The molecule has 1 aromatic heterocycles. The molecule has 10 heteroatoms. The van der Waals surface area contributed by atoms with Gasteiger partial charge in [0.05, 0.1) is 6.54 Å². The SMILES string of the molecule is CN=C(NCCCC(=O)N1CCc2ccccc2C1)NC1CCc2nc(COC)nn2C1.I. The van der Waals surface area contributed by atoms with Crippen molar-refractivity contribution >= 4 is 35.8 Å². The first kappa shape index (κ1) is 25.4. The van der Waals surface area contributed by atoms with Gasteiger partial charge >= 0.3 is 0 Å². The maximum Gasteiger partial charge on any atom is 0.222 e. The molecule has 2 aliphatic rings. The van der Waals surface area contributed by atoms with E-state index < -0.39 is 0 Å². The van der Waals surface area contributed by atoms with Gasteiger partial charge in [0.25, 0.3) is 0 Å². The number of methoxy groups -OCH3 is 1. The van der Waals surface area contributed by atoms with Crippen molar-refractivity contribution in [1.82, 2.24) is 30.3 Å². The lowest BCUT2D eigenvalue weighted by atomic mass is 9.99. The number of carbonyl (C=O) groups is 1. The molecular formula is C23H34IN7O2. The standard InChI is InChI=1S/C23H33N7O2.HI/c1-24-23(26-19-9-10-21-27-20(16-32-2)28-30(21)15-19)25-12-5-8-22(31)29-13-11-17-6-3-4-7-18(17)14-29;/h3-4,6-7,19H,5,8-16H2,1-2H3,(H2,24,25,26);1H. The van der Waals surface area contributed by atoms with E-state index in [1.165, 1.54) is 11.1 Å². The minimum absolute atomic E-state index is 0. The third-order valence-corrected chi connectivity index (χ3v) is 6.08. The van der Waals surface area contributed by atoms with E-state index in [2.05, 4.69) is 43.9 Å². The summed E-state index contributed by atoms with van der Waals surface area (Å²) in [6, 6.07) is 8.64.